The van der Waals surface area contributed by atoms with Crippen LogP contribution in [0.2, 0.25) is 0 Å². The third-order valence-electron chi connectivity index (χ3n) is 1.97. The van der Waals surface area contributed by atoms with Crippen molar-refractivity contribution in [2.45, 2.75) is 11.3 Å². The minimum Gasteiger partial charge on any atom is -0.398 e. The monoisotopic (exact) mass is 326 g/mol. The number of nitrogens with one attached hydrogen (secondary N) is 1. The van der Waals surface area contributed by atoms with Crippen LogP contribution in [0.25, 0.3) is 0 Å². The Labute approximate surface area is 107 Å². The maximum Gasteiger partial charge on any atom is 0.243 e. The van der Waals surface area contributed by atoms with Gasteiger partial charge in [-0.15, -0.1) is 0 Å². The zero-order valence-corrected chi connectivity index (χ0v) is 11.2. The number of halogens is 2. The van der Waals surface area contributed by atoms with Gasteiger partial charge in [-0.25, -0.2) is 17.5 Å². The van der Waals surface area contributed by atoms with E-state index < -0.39 is 20.7 Å². The van der Waals surface area contributed by atoms with Crippen molar-refractivity contribution in [2.24, 2.45) is 0 Å². The van der Waals surface area contributed by atoms with Gasteiger partial charge in [-0.05, 0) is 34.5 Å². The quantitative estimate of drug-likeness (QED) is 0.552. The minimum absolute atomic E-state index is 0.0360. The molecule has 0 unspecified atom stereocenters. The van der Waals surface area contributed by atoms with Crippen LogP contribution in [-0.2, 0) is 10.0 Å². The van der Waals surface area contributed by atoms with Gasteiger partial charge in [0.2, 0.25) is 10.0 Å². The third kappa shape index (κ3) is 3.63. The molecule has 0 atom stereocenters. The van der Waals surface area contributed by atoms with Crippen molar-refractivity contribution in [3.63, 3.8) is 0 Å². The standard InChI is InChI=1S/C9H12BrFN2O3S/c10-6-4-7(11)9(5-8(6)12)17(15,16)13-2-1-3-14/h4-5,13-14H,1-3,12H2. The van der Waals surface area contributed by atoms with Crippen LogP contribution in [-0.4, -0.2) is 26.7 Å². The number of hydrogen-bond donors (Lipinski definition) is 3. The molecule has 0 aliphatic rings. The van der Waals surface area contributed by atoms with Gasteiger partial charge in [0.15, 0.2) is 0 Å². The second-order valence-corrected chi connectivity index (χ2v) is 5.87. The second-order valence-electron chi connectivity index (χ2n) is 3.28. The maximum absolute atomic E-state index is 13.5. The first-order valence-electron chi connectivity index (χ1n) is 4.73. The smallest absolute Gasteiger partial charge is 0.243 e. The van der Waals surface area contributed by atoms with Crippen LogP contribution < -0.4 is 10.5 Å². The summed E-state index contributed by atoms with van der Waals surface area (Å²) < 4.78 is 39.3. The molecule has 17 heavy (non-hydrogen) atoms. The summed E-state index contributed by atoms with van der Waals surface area (Å²) in [5, 5.41) is 8.53. The predicted molar refractivity (Wildman–Crippen MR) is 65.4 cm³/mol. The number of nitrogen functional groups attached to an aromatic ring is 1. The lowest BCUT2D eigenvalue weighted by Crippen LogP contribution is -2.26. The molecular weight excluding hydrogens is 315 g/mol. The third-order valence-corrected chi connectivity index (χ3v) is 4.13. The normalized spacial score (nSPS) is 11.7. The number of aliphatic hydroxyl groups is 1. The molecule has 0 spiro atoms. The Balaban J connectivity index is 3.03. The van der Waals surface area contributed by atoms with E-state index in [1.54, 1.807) is 0 Å². The Hall–Kier alpha value is -0.700. The van der Waals surface area contributed by atoms with Crippen LogP contribution in [0.5, 0.6) is 0 Å². The Morgan fingerprint density at radius 1 is 1.47 bits per heavy atom. The van der Waals surface area contributed by atoms with Gasteiger partial charge < -0.3 is 10.8 Å². The van der Waals surface area contributed by atoms with Crippen molar-refractivity contribution >= 4 is 31.6 Å². The Morgan fingerprint density at radius 2 is 2.12 bits per heavy atom. The summed E-state index contributed by atoms with van der Waals surface area (Å²) in [5.74, 6) is -0.887. The fourth-order valence-corrected chi connectivity index (χ4v) is 2.60. The van der Waals surface area contributed by atoms with Crippen molar-refractivity contribution < 1.29 is 17.9 Å². The highest BCUT2D eigenvalue weighted by Gasteiger charge is 2.19. The highest BCUT2D eigenvalue weighted by atomic mass is 79.9. The zero-order valence-electron chi connectivity index (χ0n) is 8.78. The minimum atomic E-state index is -3.94. The van der Waals surface area contributed by atoms with E-state index in [9.17, 15) is 12.8 Å². The molecule has 0 aliphatic carbocycles. The molecule has 8 heteroatoms. The Kier molecular flexibility index (Phi) is 4.87. The summed E-state index contributed by atoms with van der Waals surface area (Å²) in [6, 6.07) is 2.04. The molecule has 0 bridgehead atoms. The number of sulfonamides is 1. The largest absolute Gasteiger partial charge is 0.398 e. The zero-order chi connectivity index (χ0) is 13.1. The van der Waals surface area contributed by atoms with E-state index in [2.05, 4.69) is 20.7 Å². The molecule has 0 aromatic heterocycles. The SMILES string of the molecule is Nc1cc(S(=O)(=O)NCCCO)c(F)cc1Br. The molecule has 0 saturated carbocycles. The molecule has 1 rings (SSSR count). The van der Waals surface area contributed by atoms with Gasteiger partial charge in [-0.1, -0.05) is 0 Å². The van der Waals surface area contributed by atoms with E-state index in [1.165, 1.54) is 0 Å². The topological polar surface area (TPSA) is 92.4 Å². The Morgan fingerprint density at radius 3 is 2.71 bits per heavy atom. The second kappa shape index (κ2) is 5.76. The number of anilines is 1. The van der Waals surface area contributed by atoms with Crippen LogP contribution in [0.3, 0.4) is 0 Å². The first-order valence-corrected chi connectivity index (χ1v) is 7.01. The van der Waals surface area contributed by atoms with Crippen LogP contribution in [0.15, 0.2) is 21.5 Å². The molecule has 4 N–H and O–H groups in total. The van der Waals surface area contributed by atoms with Gasteiger partial charge in [-0.2, -0.15) is 0 Å². The molecule has 0 radical (unpaired) electrons. The van der Waals surface area contributed by atoms with Gasteiger partial charge in [-0.3, -0.25) is 0 Å². The average molecular weight is 327 g/mol. The average Bonchev–Trinajstić information content (AvgIpc) is 2.23. The first-order chi connectivity index (χ1) is 7.88. The molecule has 96 valence electrons. The van der Waals surface area contributed by atoms with Crippen LogP contribution in [0.4, 0.5) is 10.1 Å². The number of benzene rings is 1. The molecular formula is C9H12BrFN2O3S. The molecule has 0 amide bonds. The lowest BCUT2D eigenvalue weighted by molar-refractivity contribution is 0.289. The molecule has 0 saturated heterocycles. The molecule has 1 aromatic rings. The van der Waals surface area contributed by atoms with E-state index >= 15 is 0 Å². The van der Waals surface area contributed by atoms with Gasteiger partial charge in [0.25, 0.3) is 0 Å². The van der Waals surface area contributed by atoms with Crippen molar-refractivity contribution in [2.75, 3.05) is 18.9 Å². The van der Waals surface area contributed by atoms with Crippen molar-refractivity contribution in [3.05, 3.63) is 22.4 Å². The molecule has 0 aliphatic heterocycles. The van der Waals surface area contributed by atoms with Crippen molar-refractivity contribution in [1.82, 2.24) is 4.72 Å². The molecule has 5 nitrogen and oxygen atoms in total. The van der Waals surface area contributed by atoms with E-state index in [0.717, 1.165) is 12.1 Å². The van der Waals surface area contributed by atoms with Gasteiger partial charge in [0, 0.05) is 23.3 Å². The Bertz CT molecular complexity index is 507. The lowest BCUT2D eigenvalue weighted by atomic mass is 10.3. The lowest BCUT2D eigenvalue weighted by Gasteiger charge is -2.08. The fraction of sp³-hybridized carbons (Fsp3) is 0.333. The van der Waals surface area contributed by atoms with Gasteiger partial charge in [0.05, 0.1) is 0 Å². The fourth-order valence-electron chi connectivity index (χ4n) is 1.11. The number of hydrogen-bond acceptors (Lipinski definition) is 4. The van der Waals surface area contributed by atoms with Gasteiger partial charge >= 0.3 is 0 Å². The molecule has 1 aromatic carbocycles. The van der Waals surface area contributed by atoms with Crippen molar-refractivity contribution in [3.8, 4) is 0 Å². The predicted octanol–water partition coefficient (Wildman–Crippen LogP) is 0.831. The highest BCUT2D eigenvalue weighted by molar-refractivity contribution is 9.10. The van der Waals surface area contributed by atoms with Crippen molar-refractivity contribution in [1.29, 1.82) is 0 Å². The maximum atomic E-state index is 13.5. The van der Waals surface area contributed by atoms with Crippen LogP contribution >= 0.6 is 15.9 Å². The summed E-state index contributed by atoms with van der Waals surface area (Å²) in [5.41, 5.74) is 5.63. The molecule has 0 heterocycles. The highest BCUT2D eigenvalue weighted by Crippen LogP contribution is 2.25. The number of aliphatic hydroxyl groups excluding tert-OH is 1. The van der Waals surface area contributed by atoms with E-state index in [-0.39, 0.29) is 25.3 Å². The number of nitrogens with two attached hydrogens (primary N) is 1. The summed E-state index contributed by atoms with van der Waals surface area (Å²) >= 11 is 3.00. The van der Waals surface area contributed by atoms with E-state index in [4.69, 9.17) is 10.8 Å². The van der Waals surface area contributed by atoms with E-state index in [1.807, 2.05) is 0 Å². The van der Waals surface area contributed by atoms with Crippen LogP contribution in [0.1, 0.15) is 6.42 Å². The summed E-state index contributed by atoms with van der Waals surface area (Å²) in [7, 11) is -3.94. The number of rotatable bonds is 5. The molecule has 0 fully saturated rings. The summed E-state index contributed by atoms with van der Waals surface area (Å²) in [6.07, 6.45) is 0.257. The summed E-state index contributed by atoms with van der Waals surface area (Å²) in [6.45, 7) is -0.109. The first kappa shape index (κ1) is 14.4. The van der Waals surface area contributed by atoms with Gasteiger partial charge in [0.1, 0.15) is 10.7 Å². The van der Waals surface area contributed by atoms with E-state index in [0.29, 0.717) is 4.47 Å². The van der Waals surface area contributed by atoms with Crippen LogP contribution in [0, 0.1) is 5.82 Å². The summed E-state index contributed by atoms with van der Waals surface area (Å²) in [4.78, 5) is -0.504.